The molecule has 0 radical (unpaired) electrons. The summed E-state index contributed by atoms with van der Waals surface area (Å²) in [6, 6.07) is 7.96. The zero-order valence-corrected chi connectivity index (χ0v) is 12.5. The van der Waals surface area contributed by atoms with Crippen molar-refractivity contribution in [2.45, 2.75) is 0 Å². The number of benzene rings is 2. The van der Waals surface area contributed by atoms with Crippen molar-refractivity contribution in [1.29, 1.82) is 0 Å². The average molecular weight is 317 g/mol. The van der Waals surface area contributed by atoms with Crippen molar-refractivity contribution in [3.8, 4) is 17.2 Å². The summed E-state index contributed by atoms with van der Waals surface area (Å²) in [6.07, 6.45) is 0. The molecule has 2 aromatic carbocycles. The molecule has 0 spiro atoms. The Kier molecular flexibility index (Phi) is 4.70. The van der Waals surface area contributed by atoms with Gasteiger partial charge in [0.15, 0.2) is 11.5 Å². The molecule has 0 atom stereocenters. The molecule has 7 nitrogen and oxygen atoms in total. The number of ether oxygens (including phenoxy) is 2. The van der Waals surface area contributed by atoms with Crippen LogP contribution < -0.4 is 10.1 Å². The predicted octanol–water partition coefficient (Wildman–Crippen LogP) is 2.15. The van der Waals surface area contributed by atoms with Gasteiger partial charge >= 0.3 is 5.97 Å². The van der Waals surface area contributed by atoms with Gasteiger partial charge in [0.2, 0.25) is 0 Å². The van der Waals surface area contributed by atoms with Gasteiger partial charge < -0.3 is 25.0 Å². The molecule has 0 saturated carbocycles. The first-order valence-corrected chi connectivity index (χ1v) is 6.56. The minimum Gasteiger partial charge on any atom is -0.508 e. The molecular weight excluding hydrogens is 302 g/mol. The van der Waals surface area contributed by atoms with Crippen LogP contribution in [-0.2, 0) is 4.74 Å². The number of rotatable bonds is 4. The van der Waals surface area contributed by atoms with E-state index in [2.05, 4.69) is 10.1 Å². The quantitative estimate of drug-likeness (QED) is 0.746. The molecule has 0 aromatic heterocycles. The third-order valence-corrected chi connectivity index (χ3v) is 3.10. The first-order valence-electron chi connectivity index (χ1n) is 6.56. The summed E-state index contributed by atoms with van der Waals surface area (Å²) in [4.78, 5) is 24.0. The second-order valence-corrected chi connectivity index (χ2v) is 4.56. The Morgan fingerprint density at radius 1 is 1.04 bits per heavy atom. The van der Waals surface area contributed by atoms with Gasteiger partial charge in [-0.25, -0.2) is 4.79 Å². The van der Waals surface area contributed by atoms with Crippen LogP contribution in [0.4, 0.5) is 5.69 Å². The highest BCUT2D eigenvalue weighted by Crippen LogP contribution is 2.27. The topological polar surface area (TPSA) is 105 Å². The van der Waals surface area contributed by atoms with Crippen molar-refractivity contribution in [3.05, 3.63) is 47.5 Å². The van der Waals surface area contributed by atoms with Gasteiger partial charge in [-0.1, -0.05) is 0 Å². The van der Waals surface area contributed by atoms with Gasteiger partial charge in [0, 0.05) is 11.6 Å². The lowest BCUT2D eigenvalue weighted by Gasteiger charge is -2.11. The van der Waals surface area contributed by atoms with E-state index in [1.165, 1.54) is 50.6 Å². The lowest BCUT2D eigenvalue weighted by molar-refractivity contribution is 0.0602. The van der Waals surface area contributed by atoms with Crippen LogP contribution in [0.15, 0.2) is 36.4 Å². The number of methoxy groups -OCH3 is 2. The number of phenolic OH excluding ortho intramolecular Hbond substituents is 2. The van der Waals surface area contributed by atoms with Crippen LogP contribution in [0.1, 0.15) is 20.7 Å². The molecule has 0 bridgehead atoms. The number of carbonyl (C=O) groups excluding carboxylic acids is 2. The summed E-state index contributed by atoms with van der Waals surface area (Å²) in [6.45, 7) is 0. The maximum Gasteiger partial charge on any atom is 0.339 e. The Labute approximate surface area is 132 Å². The Morgan fingerprint density at radius 2 is 1.78 bits per heavy atom. The van der Waals surface area contributed by atoms with Crippen LogP contribution in [0.5, 0.6) is 17.2 Å². The fourth-order valence-corrected chi connectivity index (χ4v) is 1.94. The number of carbonyl (C=O) groups is 2. The van der Waals surface area contributed by atoms with E-state index in [1.807, 2.05) is 0 Å². The molecule has 0 fully saturated rings. The summed E-state index contributed by atoms with van der Waals surface area (Å²) in [5, 5.41) is 21.6. The lowest BCUT2D eigenvalue weighted by atomic mass is 10.1. The smallest absolute Gasteiger partial charge is 0.339 e. The molecule has 1 amide bonds. The van der Waals surface area contributed by atoms with E-state index in [1.54, 1.807) is 0 Å². The van der Waals surface area contributed by atoms with Crippen LogP contribution in [0, 0.1) is 0 Å². The Morgan fingerprint density at radius 3 is 2.43 bits per heavy atom. The Hall–Kier alpha value is -3.22. The fourth-order valence-electron chi connectivity index (χ4n) is 1.94. The molecule has 0 heterocycles. The second-order valence-electron chi connectivity index (χ2n) is 4.56. The van der Waals surface area contributed by atoms with Crippen LogP contribution in [0.25, 0.3) is 0 Å². The number of phenols is 2. The van der Waals surface area contributed by atoms with E-state index in [-0.39, 0.29) is 34.1 Å². The normalized spacial score (nSPS) is 10.0. The summed E-state index contributed by atoms with van der Waals surface area (Å²) in [5.74, 6) is -1.27. The SMILES string of the molecule is COC(=O)c1ccc(O)cc1NC(=O)c1ccc(O)c(OC)c1. The lowest BCUT2D eigenvalue weighted by Crippen LogP contribution is -2.15. The van der Waals surface area contributed by atoms with Crippen molar-refractivity contribution in [2.24, 2.45) is 0 Å². The van der Waals surface area contributed by atoms with E-state index >= 15 is 0 Å². The van der Waals surface area contributed by atoms with E-state index in [4.69, 9.17) is 4.74 Å². The summed E-state index contributed by atoms with van der Waals surface area (Å²) in [7, 11) is 2.58. The monoisotopic (exact) mass is 317 g/mol. The van der Waals surface area contributed by atoms with Crippen molar-refractivity contribution < 1.29 is 29.3 Å². The molecule has 0 aliphatic carbocycles. The van der Waals surface area contributed by atoms with Crippen molar-refractivity contribution in [1.82, 2.24) is 0 Å². The van der Waals surface area contributed by atoms with Gasteiger partial charge in [-0.05, 0) is 30.3 Å². The molecule has 2 aromatic rings. The minimum absolute atomic E-state index is 0.100. The van der Waals surface area contributed by atoms with Gasteiger partial charge in [-0.3, -0.25) is 4.79 Å². The van der Waals surface area contributed by atoms with Crippen molar-refractivity contribution in [2.75, 3.05) is 19.5 Å². The number of aromatic hydroxyl groups is 2. The van der Waals surface area contributed by atoms with Gasteiger partial charge in [0.25, 0.3) is 5.91 Å². The predicted molar refractivity (Wildman–Crippen MR) is 82.1 cm³/mol. The standard InChI is InChI=1S/C16H15NO6/c1-22-14-7-9(3-6-13(14)19)15(20)17-12-8-10(18)4-5-11(12)16(21)23-2/h3-8,18-19H,1-2H3,(H,17,20). The zero-order chi connectivity index (χ0) is 17.0. The van der Waals surface area contributed by atoms with E-state index in [0.717, 1.165) is 0 Å². The third-order valence-electron chi connectivity index (χ3n) is 3.10. The van der Waals surface area contributed by atoms with Gasteiger partial charge in [0.05, 0.1) is 25.5 Å². The van der Waals surface area contributed by atoms with Crippen LogP contribution in [-0.4, -0.2) is 36.3 Å². The Bertz CT molecular complexity index is 756. The van der Waals surface area contributed by atoms with Crippen molar-refractivity contribution in [3.63, 3.8) is 0 Å². The number of hydrogen-bond donors (Lipinski definition) is 3. The molecule has 0 aliphatic rings. The fraction of sp³-hybridized carbons (Fsp3) is 0.125. The average Bonchev–Trinajstić information content (AvgIpc) is 2.54. The summed E-state index contributed by atoms with van der Waals surface area (Å²) < 4.78 is 9.57. The van der Waals surface area contributed by atoms with E-state index in [0.29, 0.717) is 0 Å². The Balaban J connectivity index is 2.33. The van der Waals surface area contributed by atoms with Gasteiger partial charge in [-0.2, -0.15) is 0 Å². The molecule has 0 unspecified atom stereocenters. The number of nitrogens with one attached hydrogen (secondary N) is 1. The van der Waals surface area contributed by atoms with E-state index < -0.39 is 11.9 Å². The second kappa shape index (κ2) is 6.69. The van der Waals surface area contributed by atoms with Gasteiger partial charge in [0.1, 0.15) is 5.75 Å². The minimum atomic E-state index is -0.649. The van der Waals surface area contributed by atoms with E-state index in [9.17, 15) is 19.8 Å². The maximum absolute atomic E-state index is 12.3. The van der Waals surface area contributed by atoms with Crippen LogP contribution >= 0.6 is 0 Å². The molecule has 23 heavy (non-hydrogen) atoms. The molecule has 0 saturated heterocycles. The summed E-state index contributed by atoms with van der Waals surface area (Å²) >= 11 is 0. The third kappa shape index (κ3) is 3.52. The maximum atomic E-state index is 12.3. The first kappa shape index (κ1) is 16.2. The highest BCUT2D eigenvalue weighted by atomic mass is 16.5. The molecule has 2 rings (SSSR count). The molecule has 3 N–H and O–H groups in total. The zero-order valence-electron chi connectivity index (χ0n) is 12.5. The van der Waals surface area contributed by atoms with Crippen LogP contribution in [0.2, 0.25) is 0 Å². The summed E-state index contributed by atoms with van der Waals surface area (Å²) in [5.41, 5.74) is 0.414. The highest BCUT2D eigenvalue weighted by molar-refractivity contribution is 6.08. The number of anilines is 1. The number of amides is 1. The molecule has 7 heteroatoms. The molecule has 0 aliphatic heterocycles. The number of hydrogen-bond acceptors (Lipinski definition) is 6. The number of esters is 1. The van der Waals surface area contributed by atoms with Crippen molar-refractivity contribution >= 4 is 17.6 Å². The largest absolute Gasteiger partial charge is 0.508 e. The van der Waals surface area contributed by atoms with Gasteiger partial charge in [-0.15, -0.1) is 0 Å². The molecule has 120 valence electrons. The first-order chi connectivity index (χ1) is 11.0. The van der Waals surface area contributed by atoms with Crippen LogP contribution in [0.3, 0.4) is 0 Å². The highest BCUT2D eigenvalue weighted by Gasteiger charge is 2.16. The molecular formula is C16H15NO6.